The zero-order chi connectivity index (χ0) is 16.7. The van der Waals surface area contributed by atoms with Gasteiger partial charge >= 0.3 is 0 Å². The zero-order valence-electron chi connectivity index (χ0n) is 15.8. The minimum Gasteiger partial charge on any atom is -0.366 e. The Balaban J connectivity index is 1.57. The second-order valence-electron chi connectivity index (χ2n) is 8.89. The Morgan fingerprint density at radius 1 is 1.00 bits per heavy atom. The van der Waals surface area contributed by atoms with Crippen LogP contribution < -0.4 is 4.90 Å². The van der Waals surface area contributed by atoms with Crippen molar-refractivity contribution in [2.45, 2.75) is 89.3 Å². The highest BCUT2D eigenvalue weighted by molar-refractivity contribution is 5.63. The first kappa shape index (κ1) is 16.4. The topological polar surface area (TPSA) is 6.48 Å². The van der Waals surface area contributed by atoms with Crippen LogP contribution in [0.1, 0.15) is 71.3 Å². The van der Waals surface area contributed by atoms with Crippen LogP contribution in [0.15, 0.2) is 24.3 Å². The molecule has 132 valence electrons. The molecule has 0 radical (unpaired) electrons. The quantitative estimate of drug-likeness (QED) is 0.774. The molecule has 1 saturated carbocycles. The van der Waals surface area contributed by atoms with E-state index in [1.807, 2.05) is 0 Å². The van der Waals surface area contributed by atoms with Gasteiger partial charge in [-0.05, 0) is 50.8 Å². The molecule has 2 atom stereocenters. The Kier molecular flexibility index (Phi) is 4.36. The van der Waals surface area contributed by atoms with E-state index in [0.717, 1.165) is 12.1 Å². The first-order valence-corrected chi connectivity index (χ1v) is 10.2. The minimum atomic E-state index is 0.253. The van der Waals surface area contributed by atoms with Gasteiger partial charge in [0.1, 0.15) is 0 Å². The van der Waals surface area contributed by atoms with Crippen molar-refractivity contribution in [3.8, 4) is 0 Å². The Bertz CT molecular complexity index is 573. The molecule has 2 aliphatic heterocycles. The number of piperidine rings is 1. The lowest BCUT2D eigenvalue weighted by molar-refractivity contribution is 0.0987. The van der Waals surface area contributed by atoms with Crippen LogP contribution in [0, 0.1) is 0 Å². The summed E-state index contributed by atoms with van der Waals surface area (Å²) in [5.41, 5.74) is 3.29. The van der Waals surface area contributed by atoms with E-state index in [2.05, 4.69) is 54.8 Å². The van der Waals surface area contributed by atoms with Gasteiger partial charge in [-0.1, -0.05) is 51.3 Å². The average molecular weight is 327 g/mol. The second-order valence-corrected chi connectivity index (χ2v) is 8.89. The molecule has 1 aliphatic carbocycles. The number of rotatable bonds is 3. The van der Waals surface area contributed by atoms with Gasteiger partial charge in [-0.3, -0.25) is 4.90 Å². The van der Waals surface area contributed by atoms with Crippen LogP contribution in [0.4, 0.5) is 5.69 Å². The molecule has 2 heteroatoms. The number of hydrogen-bond acceptors (Lipinski definition) is 2. The van der Waals surface area contributed by atoms with Gasteiger partial charge < -0.3 is 4.90 Å². The van der Waals surface area contributed by atoms with Crippen molar-refractivity contribution in [2.24, 2.45) is 0 Å². The van der Waals surface area contributed by atoms with Gasteiger partial charge in [0.2, 0.25) is 0 Å². The molecule has 2 fully saturated rings. The molecule has 1 saturated heterocycles. The average Bonchev–Trinajstić information content (AvgIpc) is 3.19. The maximum absolute atomic E-state index is 2.90. The van der Waals surface area contributed by atoms with E-state index in [4.69, 9.17) is 0 Å². The molecule has 0 spiro atoms. The van der Waals surface area contributed by atoms with E-state index in [1.165, 1.54) is 63.7 Å². The SMILES string of the molecule is CC1N(CC2CCCCN2C2CCCC2)c2ccccc2C1(C)C. The van der Waals surface area contributed by atoms with Gasteiger partial charge in [-0.25, -0.2) is 0 Å². The van der Waals surface area contributed by atoms with Gasteiger partial charge in [0, 0.05) is 35.8 Å². The molecule has 0 amide bonds. The van der Waals surface area contributed by atoms with E-state index in [-0.39, 0.29) is 5.41 Å². The number of likely N-dealkylation sites (tertiary alicyclic amines) is 1. The summed E-state index contributed by atoms with van der Waals surface area (Å²) in [5, 5.41) is 0. The van der Waals surface area contributed by atoms with Crippen LogP contribution in [0.3, 0.4) is 0 Å². The molecule has 0 aromatic heterocycles. The monoisotopic (exact) mass is 326 g/mol. The number of anilines is 1. The number of fused-ring (bicyclic) bond motifs is 1. The van der Waals surface area contributed by atoms with E-state index < -0.39 is 0 Å². The fraction of sp³-hybridized carbons (Fsp3) is 0.727. The summed E-state index contributed by atoms with van der Waals surface area (Å²) in [6, 6.07) is 11.3. The summed E-state index contributed by atoms with van der Waals surface area (Å²) >= 11 is 0. The van der Waals surface area contributed by atoms with Gasteiger partial charge in [-0.2, -0.15) is 0 Å². The number of benzene rings is 1. The highest BCUT2D eigenvalue weighted by atomic mass is 15.3. The smallest absolute Gasteiger partial charge is 0.0408 e. The first-order chi connectivity index (χ1) is 11.6. The predicted octanol–water partition coefficient (Wildman–Crippen LogP) is 4.97. The van der Waals surface area contributed by atoms with Crippen LogP contribution in [0.2, 0.25) is 0 Å². The summed E-state index contributed by atoms with van der Waals surface area (Å²) in [4.78, 5) is 5.63. The predicted molar refractivity (Wildman–Crippen MR) is 103 cm³/mol. The lowest BCUT2D eigenvalue weighted by atomic mass is 9.81. The van der Waals surface area contributed by atoms with E-state index in [0.29, 0.717) is 6.04 Å². The molecule has 2 nitrogen and oxygen atoms in total. The van der Waals surface area contributed by atoms with Crippen molar-refractivity contribution in [1.29, 1.82) is 0 Å². The minimum absolute atomic E-state index is 0.253. The largest absolute Gasteiger partial charge is 0.366 e. The molecule has 4 rings (SSSR count). The highest BCUT2D eigenvalue weighted by Gasteiger charge is 2.43. The summed E-state index contributed by atoms with van der Waals surface area (Å²) in [6.45, 7) is 9.83. The molecule has 0 N–H and O–H groups in total. The number of hydrogen-bond donors (Lipinski definition) is 0. The maximum Gasteiger partial charge on any atom is 0.0408 e. The fourth-order valence-corrected chi connectivity index (χ4v) is 5.51. The Morgan fingerprint density at radius 3 is 2.50 bits per heavy atom. The van der Waals surface area contributed by atoms with Crippen molar-refractivity contribution in [2.75, 3.05) is 18.0 Å². The van der Waals surface area contributed by atoms with Crippen LogP contribution in [-0.4, -0.2) is 36.1 Å². The Labute approximate surface area is 148 Å². The van der Waals surface area contributed by atoms with Crippen molar-refractivity contribution in [1.82, 2.24) is 4.90 Å². The Morgan fingerprint density at radius 2 is 1.71 bits per heavy atom. The molecule has 0 bridgehead atoms. The molecular formula is C22H34N2. The van der Waals surface area contributed by atoms with Crippen LogP contribution in [-0.2, 0) is 5.41 Å². The van der Waals surface area contributed by atoms with Gasteiger partial charge in [0.15, 0.2) is 0 Å². The zero-order valence-corrected chi connectivity index (χ0v) is 15.8. The molecule has 1 aromatic rings. The summed E-state index contributed by atoms with van der Waals surface area (Å²) in [7, 11) is 0. The molecule has 24 heavy (non-hydrogen) atoms. The van der Waals surface area contributed by atoms with Crippen molar-refractivity contribution < 1.29 is 0 Å². The maximum atomic E-state index is 2.90. The van der Waals surface area contributed by atoms with Crippen LogP contribution in [0.5, 0.6) is 0 Å². The van der Waals surface area contributed by atoms with E-state index in [9.17, 15) is 0 Å². The molecule has 2 unspecified atom stereocenters. The lowest BCUT2D eigenvalue weighted by Gasteiger charge is -2.43. The third kappa shape index (κ3) is 2.67. The van der Waals surface area contributed by atoms with Crippen molar-refractivity contribution in [3.63, 3.8) is 0 Å². The van der Waals surface area contributed by atoms with Crippen LogP contribution >= 0.6 is 0 Å². The fourth-order valence-electron chi connectivity index (χ4n) is 5.51. The highest BCUT2D eigenvalue weighted by Crippen LogP contribution is 2.45. The third-order valence-electron chi connectivity index (χ3n) is 7.29. The summed E-state index contributed by atoms with van der Waals surface area (Å²) in [6.07, 6.45) is 9.99. The number of para-hydroxylation sites is 1. The van der Waals surface area contributed by atoms with Crippen molar-refractivity contribution in [3.05, 3.63) is 29.8 Å². The molecule has 2 heterocycles. The molecule has 1 aromatic carbocycles. The second kappa shape index (κ2) is 6.37. The van der Waals surface area contributed by atoms with Gasteiger partial charge in [0.25, 0.3) is 0 Å². The summed E-state index contributed by atoms with van der Waals surface area (Å²) < 4.78 is 0. The van der Waals surface area contributed by atoms with Crippen LogP contribution in [0.25, 0.3) is 0 Å². The lowest BCUT2D eigenvalue weighted by Crippen LogP contribution is -2.52. The molecule has 3 aliphatic rings. The van der Waals surface area contributed by atoms with E-state index >= 15 is 0 Å². The van der Waals surface area contributed by atoms with Gasteiger partial charge in [-0.15, -0.1) is 0 Å². The summed E-state index contributed by atoms with van der Waals surface area (Å²) in [5.74, 6) is 0. The normalized spacial score (nSPS) is 30.7. The third-order valence-corrected chi connectivity index (χ3v) is 7.29. The Hall–Kier alpha value is -1.02. The first-order valence-electron chi connectivity index (χ1n) is 10.2. The van der Waals surface area contributed by atoms with Crippen molar-refractivity contribution >= 4 is 5.69 Å². The van der Waals surface area contributed by atoms with Gasteiger partial charge in [0.05, 0.1) is 0 Å². The number of nitrogens with zero attached hydrogens (tertiary/aromatic N) is 2. The molecular weight excluding hydrogens is 292 g/mol. The van der Waals surface area contributed by atoms with E-state index in [1.54, 1.807) is 5.56 Å². The standard InChI is InChI=1S/C22H34N2/c1-17-22(2,3)20-13-6-7-14-21(20)24(17)16-19-12-8-9-15-23(19)18-10-4-5-11-18/h6-7,13-14,17-19H,4-5,8-12,15-16H2,1-3H3.